The van der Waals surface area contributed by atoms with E-state index in [4.69, 9.17) is 0 Å². The number of rotatable bonds is 2. The topological polar surface area (TPSA) is 0 Å². The van der Waals surface area contributed by atoms with Crippen LogP contribution in [0.15, 0.2) is 18.2 Å². The zero-order valence-corrected chi connectivity index (χ0v) is 12.4. The minimum Gasteiger partial charge on any atom is -0.140 e. The van der Waals surface area contributed by atoms with Gasteiger partial charge >= 0.3 is 0 Å². The molecule has 0 bridgehead atoms. The van der Waals surface area contributed by atoms with Crippen molar-refractivity contribution in [3.8, 4) is 0 Å². The van der Waals surface area contributed by atoms with Crippen molar-refractivity contribution in [2.45, 2.75) is 52.9 Å². The quantitative estimate of drug-likeness (QED) is 0.660. The van der Waals surface area contributed by atoms with Crippen molar-refractivity contribution >= 4 is 21.4 Å². The van der Waals surface area contributed by atoms with E-state index < -0.39 is 0 Å². The summed E-state index contributed by atoms with van der Waals surface area (Å²) in [5, 5.41) is 1.47. The summed E-state index contributed by atoms with van der Waals surface area (Å²) in [5.41, 5.74) is 3.25. The van der Waals surface area contributed by atoms with E-state index in [0.717, 1.165) is 0 Å². The second-order valence-electron chi connectivity index (χ2n) is 5.85. The van der Waals surface area contributed by atoms with Crippen LogP contribution in [0.2, 0.25) is 0 Å². The van der Waals surface area contributed by atoms with Gasteiger partial charge in [-0.05, 0) is 41.3 Å². The smallest absolute Gasteiger partial charge is 0.0351 e. The van der Waals surface area contributed by atoms with Crippen LogP contribution >= 0.6 is 11.3 Å². The Kier molecular flexibility index (Phi) is 3.31. The molecule has 1 heterocycles. The predicted molar refractivity (Wildman–Crippen MR) is 79.3 cm³/mol. The fraction of sp³-hybridized carbons (Fsp3) is 0.500. The first-order valence-electron chi connectivity index (χ1n) is 6.46. The van der Waals surface area contributed by atoms with E-state index in [9.17, 15) is 0 Å². The lowest BCUT2D eigenvalue weighted by Crippen LogP contribution is -2.10. The molecule has 92 valence electrons. The third-order valence-electron chi connectivity index (χ3n) is 3.36. The molecule has 0 radical (unpaired) electrons. The van der Waals surface area contributed by atoms with Crippen LogP contribution in [-0.4, -0.2) is 0 Å². The molecule has 1 aromatic heterocycles. The van der Waals surface area contributed by atoms with Gasteiger partial charge < -0.3 is 0 Å². The Morgan fingerprint density at radius 1 is 1.18 bits per heavy atom. The third-order valence-corrected chi connectivity index (χ3v) is 4.47. The Balaban J connectivity index is 2.58. The molecule has 1 aromatic carbocycles. The fourth-order valence-electron chi connectivity index (χ4n) is 2.30. The molecule has 17 heavy (non-hydrogen) atoms. The molecule has 1 heteroatoms. The largest absolute Gasteiger partial charge is 0.140 e. The van der Waals surface area contributed by atoms with Crippen molar-refractivity contribution in [1.29, 1.82) is 0 Å². The second kappa shape index (κ2) is 4.45. The number of hydrogen-bond acceptors (Lipinski definition) is 1. The second-order valence-corrected chi connectivity index (χ2v) is 7.10. The van der Waals surface area contributed by atoms with E-state index >= 15 is 0 Å². The zero-order chi connectivity index (χ0) is 12.6. The van der Waals surface area contributed by atoms with Crippen molar-refractivity contribution in [3.63, 3.8) is 0 Å². The van der Waals surface area contributed by atoms with Gasteiger partial charge in [-0.2, -0.15) is 0 Å². The standard InChI is InChI=1S/C16H22S/c1-6-7-13-11(2)17-15-10-12(16(3,4)5)8-9-14(13)15/h8-10H,6-7H2,1-5H3. The Hall–Kier alpha value is -0.820. The van der Waals surface area contributed by atoms with Crippen molar-refractivity contribution < 1.29 is 0 Å². The summed E-state index contributed by atoms with van der Waals surface area (Å²) in [7, 11) is 0. The monoisotopic (exact) mass is 246 g/mol. The summed E-state index contributed by atoms with van der Waals surface area (Å²) in [6.45, 7) is 11.4. The van der Waals surface area contributed by atoms with Crippen LogP contribution < -0.4 is 0 Å². The molecule has 0 amide bonds. The lowest BCUT2D eigenvalue weighted by molar-refractivity contribution is 0.591. The van der Waals surface area contributed by atoms with Gasteiger partial charge in [-0.3, -0.25) is 0 Å². The highest BCUT2D eigenvalue weighted by Crippen LogP contribution is 2.34. The Morgan fingerprint density at radius 3 is 2.47 bits per heavy atom. The Labute approximate surface area is 109 Å². The molecule has 0 unspecified atom stereocenters. The SMILES string of the molecule is CCCc1c(C)sc2cc(C(C)(C)C)ccc12. The lowest BCUT2D eigenvalue weighted by Gasteiger charge is -2.18. The van der Waals surface area contributed by atoms with Gasteiger partial charge in [-0.15, -0.1) is 11.3 Å². The summed E-state index contributed by atoms with van der Waals surface area (Å²) in [5.74, 6) is 0. The van der Waals surface area contributed by atoms with Crippen LogP contribution in [0.25, 0.3) is 10.1 Å². The number of aryl methyl sites for hydroxylation is 2. The molecule has 2 aromatic rings. The molecule has 2 rings (SSSR count). The summed E-state index contributed by atoms with van der Waals surface area (Å²) < 4.78 is 1.46. The summed E-state index contributed by atoms with van der Waals surface area (Å²) in [6.07, 6.45) is 2.44. The summed E-state index contributed by atoms with van der Waals surface area (Å²) in [6, 6.07) is 7.00. The van der Waals surface area contributed by atoms with Gasteiger partial charge in [0.15, 0.2) is 0 Å². The number of fused-ring (bicyclic) bond motifs is 1. The maximum atomic E-state index is 2.38. The van der Waals surface area contributed by atoms with E-state index in [1.54, 1.807) is 5.56 Å². The third kappa shape index (κ3) is 2.40. The number of hydrogen-bond donors (Lipinski definition) is 0. The highest BCUT2D eigenvalue weighted by Gasteiger charge is 2.16. The van der Waals surface area contributed by atoms with Crippen molar-refractivity contribution in [2.24, 2.45) is 0 Å². The predicted octanol–water partition coefficient (Wildman–Crippen LogP) is 5.46. The van der Waals surface area contributed by atoms with Crippen molar-refractivity contribution in [2.75, 3.05) is 0 Å². The highest BCUT2D eigenvalue weighted by molar-refractivity contribution is 7.19. The average Bonchev–Trinajstić information content (AvgIpc) is 2.54. The normalized spacial score (nSPS) is 12.3. The van der Waals surface area contributed by atoms with E-state index in [-0.39, 0.29) is 5.41 Å². The molecule has 0 fully saturated rings. The Bertz CT molecular complexity index is 526. The van der Waals surface area contributed by atoms with Crippen LogP contribution in [0.1, 0.15) is 50.1 Å². The molecule has 0 spiro atoms. The van der Waals surface area contributed by atoms with Crippen LogP contribution in [0.5, 0.6) is 0 Å². The van der Waals surface area contributed by atoms with Gasteiger partial charge in [0.25, 0.3) is 0 Å². The molecular weight excluding hydrogens is 224 g/mol. The first-order valence-corrected chi connectivity index (χ1v) is 7.27. The van der Waals surface area contributed by atoms with Gasteiger partial charge in [0.2, 0.25) is 0 Å². The molecular formula is C16H22S. The maximum absolute atomic E-state index is 2.38. The van der Waals surface area contributed by atoms with Crippen molar-refractivity contribution in [3.05, 3.63) is 34.2 Å². The minimum absolute atomic E-state index is 0.247. The molecule has 0 aliphatic rings. The number of thiophene rings is 1. The molecule has 0 saturated carbocycles. The van der Waals surface area contributed by atoms with Gasteiger partial charge in [-0.25, -0.2) is 0 Å². The van der Waals surface area contributed by atoms with Gasteiger partial charge in [0, 0.05) is 9.58 Å². The van der Waals surface area contributed by atoms with Crippen LogP contribution in [0, 0.1) is 6.92 Å². The molecule has 0 N–H and O–H groups in total. The highest BCUT2D eigenvalue weighted by atomic mass is 32.1. The molecule has 0 aliphatic carbocycles. The van der Waals surface area contributed by atoms with Crippen molar-refractivity contribution in [1.82, 2.24) is 0 Å². The zero-order valence-electron chi connectivity index (χ0n) is 11.6. The Morgan fingerprint density at radius 2 is 1.88 bits per heavy atom. The van der Waals surface area contributed by atoms with Crippen LogP contribution in [0.3, 0.4) is 0 Å². The number of benzene rings is 1. The van der Waals surface area contributed by atoms with E-state index in [1.807, 2.05) is 11.3 Å². The fourth-order valence-corrected chi connectivity index (χ4v) is 3.45. The first kappa shape index (κ1) is 12.6. The van der Waals surface area contributed by atoms with Gasteiger partial charge in [0.05, 0.1) is 0 Å². The van der Waals surface area contributed by atoms with Crippen LogP contribution in [-0.2, 0) is 11.8 Å². The molecule has 0 aliphatic heterocycles. The average molecular weight is 246 g/mol. The van der Waals surface area contributed by atoms with E-state index in [1.165, 1.54) is 33.4 Å². The summed E-state index contributed by atoms with van der Waals surface area (Å²) in [4.78, 5) is 1.49. The lowest BCUT2D eigenvalue weighted by atomic mass is 9.86. The van der Waals surface area contributed by atoms with Gasteiger partial charge in [0.1, 0.15) is 0 Å². The van der Waals surface area contributed by atoms with E-state index in [0.29, 0.717) is 0 Å². The minimum atomic E-state index is 0.247. The maximum Gasteiger partial charge on any atom is 0.0351 e. The van der Waals surface area contributed by atoms with Gasteiger partial charge in [-0.1, -0.05) is 46.2 Å². The van der Waals surface area contributed by atoms with E-state index in [2.05, 4.69) is 52.8 Å². The molecule has 0 nitrogen and oxygen atoms in total. The molecule has 0 atom stereocenters. The molecule has 0 saturated heterocycles. The first-order chi connectivity index (χ1) is 7.93. The summed E-state index contributed by atoms with van der Waals surface area (Å²) >= 11 is 1.95. The van der Waals surface area contributed by atoms with Crippen LogP contribution in [0.4, 0.5) is 0 Å².